The third kappa shape index (κ3) is 3.26. The van der Waals surface area contributed by atoms with Crippen LogP contribution in [0.3, 0.4) is 0 Å². The molecule has 1 saturated heterocycles. The van der Waals surface area contributed by atoms with Crippen molar-refractivity contribution in [3.63, 3.8) is 0 Å². The van der Waals surface area contributed by atoms with Crippen LogP contribution in [0.2, 0.25) is 0 Å². The van der Waals surface area contributed by atoms with E-state index in [0.717, 1.165) is 32.5 Å². The lowest BCUT2D eigenvalue weighted by Gasteiger charge is -2.32. The third-order valence-electron chi connectivity index (χ3n) is 3.69. The molecule has 1 aromatic rings. The fraction of sp³-hybridized carbons (Fsp3) is 0.692. The highest BCUT2D eigenvalue weighted by Crippen LogP contribution is 2.13. The fourth-order valence-corrected chi connectivity index (χ4v) is 2.50. The van der Waals surface area contributed by atoms with Crippen LogP contribution < -0.4 is 11.1 Å². The monoisotopic (exact) mass is 265 g/mol. The molecule has 1 fully saturated rings. The number of hydrogen-bond acceptors (Lipinski definition) is 4. The van der Waals surface area contributed by atoms with E-state index in [0.29, 0.717) is 11.4 Å². The SMILES string of the molecule is CCCN1CCC(NC(=O)c2cnn(C)c2N)CC1. The minimum atomic E-state index is -0.112. The molecule has 1 amide bonds. The highest BCUT2D eigenvalue weighted by Gasteiger charge is 2.22. The Balaban J connectivity index is 1.86. The number of rotatable bonds is 4. The molecule has 0 radical (unpaired) electrons. The molecule has 1 aromatic heterocycles. The maximum absolute atomic E-state index is 12.1. The average Bonchev–Trinajstić information content (AvgIpc) is 2.73. The standard InChI is InChI=1S/C13H23N5O/c1-3-6-18-7-4-10(5-8-18)16-13(19)11-9-15-17(2)12(11)14/h9-10H,3-8,14H2,1-2H3,(H,16,19). The van der Waals surface area contributed by atoms with Gasteiger partial charge in [-0.05, 0) is 25.8 Å². The zero-order valence-corrected chi connectivity index (χ0v) is 11.7. The Kier molecular flexibility index (Phi) is 4.42. The smallest absolute Gasteiger partial charge is 0.256 e. The Morgan fingerprint density at radius 2 is 2.21 bits per heavy atom. The molecule has 3 N–H and O–H groups in total. The van der Waals surface area contributed by atoms with Gasteiger partial charge in [0.15, 0.2) is 0 Å². The molecule has 0 aliphatic carbocycles. The van der Waals surface area contributed by atoms with Gasteiger partial charge in [-0.15, -0.1) is 0 Å². The van der Waals surface area contributed by atoms with Crippen molar-refractivity contribution in [2.45, 2.75) is 32.2 Å². The molecule has 106 valence electrons. The number of hydrogen-bond donors (Lipinski definition) is 2. The first-order valence-corrected chi connectivity index (χ1v) is 6.92. The zero-order valence-electron chi connectivity index (χ0n) is 11.7. The quantitative estimate of drug-likeness (QED) is 0.836. The first kappa shape index (κ1) is 13.9. The molecule has 0 atom stereocenters. The summed E-state index contributed by atoms with van der Waals surface area (Å²) >= 11 is 0. The van der Waals surface area contributed by atoms with Crippen molar-refractivity contribution in [1.29, 1.82) is 0 Å². The van der Waals surface area contributed by atoms with Crippen LogP contribution in [-0.2, 0) is 7.05 Å². The van der Waals surface area contributed by atoms with Crippen molar-refractivity contribution in [2.24, 2.45) is 7.05 Å². The van der Waals surface area contributed by atoms with Gasteiger partial charge in [0.25, 0.3) is 5.91 Å². The first-order chi connectivity index (χ1) is 9.11. The second-order valence-corrected chi connectivity index (χ2v) is 5.16. The largest absolute Gasteiger partial charge is 0.383 e. The fourth-order valence-electron chi connectivity index (χ4n) is 2.50. The summed E-state index contributed by atoms with van der Waals surface area (Å²) in [7, 11) is 1.73. The van der Waals surface area contributed by atoms with Crippen LogP contribution >= 0.6 is 0 Å². The number of amides is 1. The maximum atomic E-state index is 12.1. The van der Waals surface area contributed by atoms with Crippen LogP contribution in [0, 0.1) is 0 Å². The molecule has 6 heteroatoms. The highest BCUT2D eigenvalue weighted by atomic mass is 16.1. The van der Waals surface area contributed by atoms with E-state index in [1.165, 1.54) is 17.3 Å². The van der Waals surface area contributed by atoms with Gasteiger partial charge in [0.2, 0.25) is 0 Å². The van der Waals surface area contributed by atoms with Crippen LogP contribution in [0.25, 0.3) is 0 Å². The molecule has 0 saturated carbocycles. The Bertz CT molecular complexity index is 434. The Morgan fingerprint density at radius 1 is 1.53 bits per heavy atom. The zero-order chi connectivity index (χ0) is 13.8. The Labute approximate surface area is 113 Å². The van der Waals surface area contributed by atoms with Crippen LogP contribution in [0.4, 0.5) is 5.82 Å². The molecule has 2 heterocycles. The summed E-state index contributed by atoms with van der Waals surface area (Å²) in [5, 5.41) is 7.04. The van der Waals surface area contributed by atoms with Gasteiger partial charge in [-0.2, -0.15) is 5.10 Å². The minimum absolute atomic E-state index is 0.112. The molecule has 0 unspecified atom stereocenters. The van der Waals surface area contributed by atoms with Gasteiger partial charge in [-0.25, -0.2) is 0 Å². The first-order valence-electron chi connectivity index (χ1n) is 6.92. The van der Waals surface area contributed by atoms with Crippen molar-refractivity contribution in [3.8, 4) is 0 Å². The minimum Gasteiger partial charge on any atom is -0.383 e. The molecule has 6 nitrogen and oxygen atoms in total. The molecule has 0 spiro atoms. The molecule has 0 aromatic carbocycles. The van der Waals surface area contributed by atoms with Crippen molar-refractivity contribution in [1.82, 2.24) is 20.0 Å². The van der Waals surface area contributed by atoms with E-state index < -0.39 is 0 Å². The van der Waals surface area contributed by atoms with E-state index in [9.17, 15) is 4.79 Å². The van der Waals surface area contributed by atoms with Gasteiger partial charge in [0, 0.05) is 26.2 Å². The summed E-state index contributed by atoms with van der Waals surface area (Å²) in [4.78, 5) is 14.5. The molecule has 19 heavy (non-hydrogen) atoms. The van der Waals surface area contributed by atoms with Crippen molar-refractivity contribution in [2.75, 3.05) is 25.4 Å². The summed E-state index contributed by atoms with van der Waals surface area (Å²) in [6, 6.07) is 0.250. The predicted octanol–water partition coefficient (Wildman–Crippen LogP) is 0.607. The van der Waals surface area contributed by atoms with Crippen LogP contribution in [0.5, 0.6) is 0 Å². The Hall–Kier alpha value is -1.56. The normalized spacial score (nSPS) is 17.6. The lowest BCUT2D eigenvalue weighted by Crippen LogP contribution is -2.44. The van der Waals surface area contributed by atoms with Crippen molar-refractivity contribution >= 4 is 11.7 Å². The number of carbonyl (C=O) groups is 1. The number of likely N-dealkylation sites (tertiary alicyclic amines) is 1. The number of nitrogens with zero attached hydrogens (tertiary/aromatic N) is 3. The van der Waals surface area contributed by atoms with Crippen molar-refractivity contribution in [3.05, 3.63) is 11.8 Å². The van der Waals surface area contributed by atoms with Gasteiger partial charge < -0.3 is 16.0 Å². The van der Waals surface area contributed by atoms with Gasteiger partial charge >= 0.3 is 0 Å². The highest BCUT2D eigenvalue weighted by molar-refractivity contribution is 5.98. The molecule has 2 rings (SSSR count). The lowest BCUT2D eigenvalue weighted by molar-refractivity contribution is 0.0912. The van der Waals surface area contributed by atoms with Gasteiger partial charge in [-0.1, -0.05) is 6.92 Å². The van der Waals surface area contributed by atoms with E-state index in [2.05, 4.69) is 22.2 Å². The van der Waals surface area contributed by atoms with Gasteiger partial charge in [0.1, 0.15) is 11.4 Å². The summed E-state index contributed by atoms with van der Waals surface area (Å²) < 4.78 is 1.51. The van der Waals surface area contributed by atoms with Crippen LogP contribution in [0.15, 0.2) is 6.20 Å². The number of aromatic nitrogens is 2. The second-order valence-electron chi connectivity index (χ2n) is 5.16. The summed E-state index contributed by atoms with van der Waals surface area (Å²) in [6.45, 7) is 5.46. The summed E-state index contributed by atoms with van der Waals surface area (Å²) in [6.07, 6.45) is 4.72. The summed E-state index contributed by atoms with van der Waals surface area (Å²) in [5.74, 6) is 0.306. The number of anilines is 1. The number of nitrogens with one attached hydrogen (secondary N) is 1. The molecule has 0 bridgehead atoms. The van der Waals surface area contributed by atoms with E-state index in [-0.39, 0.29) is 11.9 Å². The van der Waals surface area contributed by atoms with Crippen LogP contribution in [0.1, 0.15) is 36.5 Å². The maximum Gasteiger partial charge on any atom is 0.256 e. The summed E-state index contributed by atoms with van der Waals surface area (Å²) in [5.41, 5.74) is 6.27. The molecule has 1 aliphatic rings. The number of piperidine rings is 1. The topological polar surface area (TPSA) is 76.2 Å². The third-order valence-corrected chi connectivity index (χ3v) is 3.69. The van der Waals surface area contributed by atoms with Gasteiger partial charge in [-0.3, -0.25) is 9.48 Å². The number of aryl methyl sites for hydroxylation is 1. The second kappa shape index (κ2) is 6.06. The van der Waals surface area contributed by atoms with E-state index in [1.807, 2.05) is 0 Å². The predicted molar refractivity (Wildman–Crippen MR) is 74.8 cm³/mol. The van der Waals surface area contributed by atoms with E-state index >= 15 is 0 Å². The number of nitrogen functional groups attached to an aromatic ring is 1. The van der Waals surface area contributed by atoms with Crippen molar-refractivity contribution < 1.29 is 4.79 Å². The lowest BCUT2D eigenvalue weighted by atomic mass is 10.0. The van der Waals surface area contributed by atoms with Crippen LogP contribution in [-0.4, -0.2) is 46.3 Å². The number of carbonyl (C=O) groups excluding carboxylic acids is 1. The molecule has 1 aliphatic heterocycles. The van der Waals surface area contributed by atoms with Gasteiger partial charge in [0.05, 0.1) is 6.20 Å². The van der Waals surface area contributed by atoms with E-state index in [1.54, 1.807) is 7.05 Å². The average molecular weight is 265 g/mol. The molecular weight excluding hydrogens is 242 g/mol. The Morgan fingerprint density at radius 3 is 2.74 bits per heavy atom. The number of nitrogens with two attached hydrogens (primary N) is 1. The van der Waals surface area contributed by atoms with E-state index in [4.69, 9.17) is 5.73 Å². The molecular formula is C13H23N5O.